The minimum atomic E-state index is -1.02. The summed E-state index contributed by atoms with van der Waals surface area (Å²) in [7, 11) is 0. The molecule has 178 valence electrons. The van der Waals surface area contributed by atoms with Crippen LogP contribution in [0.25, 0.3) is 0 Å². The molecular weight excluding hydrogens is 442 g/mol. The van der Waals surface area contributed by atoms with E-state index in [2.05, 4.69) is 91.2 Å². The molecule has 1 aromatic heterocycles. The molecule has 0 saturated heterocycles. The summed E-state index contributed by atoms with van der Waals surface area (Å²) in [6.45, 7) is 12.4. The van der Waals surface area contributed by atoms with E-state index in [0.717, 1.165) is 53.5 Å². The van der Waals surface area contributed by atoms with Gasteiger partial charge in [-0.3, -0.25) is 4.98 Å². The van der Waals surface area contributed by atoms with Crippen LogP contribution in [-0.4, -0.2) is 43.4 Å². The Hall–Kier alpha value is -2.99. The lowest BCUT2D eigenvalue weighted by Gasteiger charge is -2.33. The number of esters is 1. The molecular formula is C28H33N3O2S. The van der Waals surface area contributed by atoms with Gasteiger partial charge in [0.25, 0.3) is 0 Å². The number of carbonyl (C=O) groups is 1. The van der Waals surface area contributed by atoms with E-state index in [0.29, 0.717) is 5.56 Å². The van der Waals surface area contributed by atoms with Crippen molar-refractivity contribution in [2.24, 2.45) is 0 Å². The first-order valence-electron chi connectivity index (χ1n) is 12.0. The zero-order valence-corrected chi connectivity index (χ0v) is 21.5. The Bertz CT molecular complexity index is 1160. The van der Waals surface area contributed by atoms with Crippen LogP contribution in [0.5, 0.6) is 0 Å². The SMILES string of the molecule is CCN(CC)c1ccc(C2(c3ccc(N(CC)CC)cc3SC)OC(=O)c3cnccc32)cc1. The second-order valence-electron chi connectivity index (χ2n) is 8.27. The first kappa shape index (κ1) is 24.1. The van der Waals surface area contributed by atoms with Crippen LogP contribution in [0.3, 0.4) is 0 Å². The molecule has 6 heteroatoms. The number of nitrogens with zero attached hydrogens (tertiary/aromatic N) is 3. The molecule has 0 spiro atoms. The van der Waals surface area contributed by atoms with Crippen LogP contribution in [-0.2, 0) is 10.3 Å². The molecule has 3 aromatic rings. The minimum absolute atomic E-state index is 0.337. The quantitative estimate of drug-likeness (QED) is 0.281. The average molecular weight is 476 g/mol. The number of cyclic esters (lactones) is 1. The van der Waals surface area contributed by atoms with E-state index in [1.165, 1.54) is 5.69 Å². The standard InChI is InChI=1S/C28H33N3O2S/c1-6-30(7-2)21-12-10-20(11-13-21)28(24-16-17-29-19-23(24)27(32)33-28)25-15-14-22(18-26(25)34-5)31(8-3)9-4/h10-19H,6-9H2,1-5H3. The molecule has 2 heterocycles. The van der Waals surface area contributed by atoms with Gasteiger partial charge in [-0.1, -0.05) is 18.2 Å². The predicted octanol–water partition coefficient (Wildman–Crippen LogP) is 5.96. The molecule has 5 nitrogen and oxygen atoms in total. The topological polar surface area (TPSA) is 45.7 Å². The van der Waals surface area contributed by atoms with Crippen LogP contribution >= 0.6 is 11.8 Å². The summed E-state index contributed by atoms with van der Waals surface area (Å²) in [6, 6.07) is 16.8. The Balaban J connectivity index is 1.94. The fourth-order valence-corrected chi connectivity index (χ4v) is 5.61. The highest BCUT2D eigenvalue weighted by molar-refractivity contribution is 7.98. The number of pyridine rings is 1. The van der Waals surface area contributed by atoms with Crippen molar-refractivity contribution in [3.8, 4) is 0 Å². The van der Waals surface area contributed by atoms with E-state index in [1.807, 2.05) is 6.07 Å². The molecule has 34 heavy (non-hydrogen) atoms. The molecule has 0 aliphatic carbocycles. The minimum Gasteiger partial charge on any atom is -0.440 e. The van der Waals surface area contributed by atoms with Crippen LogP contribution in [0.15, 0.2) is 65.8 Å². The lowest BCUT2D eigenvalue weighted by atomic mass is 9.80. The zero-order chi connectivity index (χ0) is 24.3. The Morgan fingerprint density at radius 1 is 0.853 bits per heavy atom. The number of hydrogen-bond donors (Lipinski definition) is 0. The molecule has 4 rings (SSSR count). The number of carbonyl (C=O) groups excluding carboxylic acids is 1. The smallest absolute Gasteiger partial charge is 0.341 e. The monoisotopic (exact) mass is 475 g/mol. The van der Waals surface area contributed by atoms with Crippen LogP contribution < -0.4 is 9.80 Å². The number of hydrogen-bond acceptors (Lipinski definition) is 6. The van der Waals surface area contributed by atoms with Crippen molar-refractivity contribution in [2.75, 3.05) is 42.2 Å². The summed E-state index contributed by atoms with van der Waals surface area (Å²) < 4.78 is 6.32. The first-order valence-corrected chi connectivity index (χ1v) is 13.2. The lowest BCUT2D eigenvalue weighted by molar-refractivity contribution is 0.0244. The summed E-state index contributed by atoms with van der Waals surface area (Å²) in [5.41, 5.74) is 4.59. The van der Waals surface area contributed by atoms with Gasteiger partial charge in [-0.2, -0.15) is 0 Å². The predicted molar refractivity (Wildman–Crippen MR) is 141 cm³/mol. The second-order valence-corrected chi connectivity index (χ2v) is 9.12. The Morgan fingerprint density at radius 2 is 1.47 bits per heavy atom. The Labute approximate surface area is 207 Å². The largest absolute Gasteiger partial charge is 0.440 e. The maximum absolute atomic E-state index is 13.1. The molecule has 0 bridgehead atoms. The van der Waals surface area contributed by atoms with Gasteiger partial charge in [0.2, 0.25) is 0 Å². The van der Waals surface area contributed by atoms with Crippen LogP contribution in [0.4, 0.5) is 11.4 Å². The summed E-state index contributed by atoms with van der Waals surface area (Å²) in [5.74, 6) is -0.337. The summed E-state index contributed by atoms with van der Waals surface area (Å²) in [5, 5.41) is 0. The van der Waals surface area contributed by atoms with E-state index in [1.54, 1.807) is 24.2 Å². The third-order valence-corrected chi connectivity index (χ3v) is 7.54. The molecule has 1 aliphatic heterocycles. The van der Waals surface area contributed by atoms with E-state index in [4.69, 9.17) is 4.74 Å². The molecule has 1 atom stereocenters. The Kier molecular flexibility index (Phi) is 7.17. The fraction of sp³-hybridized carbons (Fsp3) is 0.357. The van der Waals surface area contributed by atoms with Gasteiger partial charge in [-0.15, -0.1) is 11.8 Å². The maximum Gasteiger partial charge on any atom is 0.341 e. The Morgan fingerprint density at radius 3 is 2.09 bits per heavy atom. The summed E-state index contributed by atoms with van der Waals surface area (Å²) in [4.78, 5) is 23.0. The number of thioether (sulfide) groups is 1. The molecule has 2 aromatic carbocycles. The average Bonchev–Trinajstić information content (AvgIpc) is 3.19. The number of rotatable bonds is 9. The number of anilines is 2. The van der Waals surface area contributed by atoms with Crippen molar-refractivity contribution in [3.63, 3.8) is 0 Å². The molecule has 0 saturated carbocycles. The highest BCUT2D eigenvalue weighted by atomic mass is 32.2. The van der Waals surface area contributed by atoms with Gasteiger partial charge in [0.05, 0.1) is 5.56 Å². The lowest BCUT2D eigenvalue weighted by Crippen LogP contribution is -2.31. The fourth-order valence-electron chi connectivity index (χ4n) is 4.94. The zero-order valence-electron chi connectivity index (χ0n) is 20.7. The summed E-state index contributed by atoms with van der Waals surface area (Å²) >= 11 is 1.68. The third kappa shape index (κ3) is 3.94. The van der Waals surface area contributed by atoms with Crippen molar-refractivity contribution in [1.29, 1.82) is 0 Å². The van der Waals surface area contributed by atoms with Crippen molar-refractivity contribution in [3.05, 3.63) is 83.2 Å². The van der Waals surface area contributed by atoms with Crippen LogP contribution in [0.2, 0.25) is 0 Å². The van der Waals surface area contributed by atoms with Crippen molar-refractivity contribution in [2.45, 2.75) is 38.2 Å². The van der Waals surface area contributed by atoms with Gasteiger partial charge in [0.15, 0.2) is 5.60 Å². The maximum atomic E-state index is 13.1. The van der Waals surface area contributed by atoms with Gasteiger partial charge in [0, 0.05) is 71.5 Å². The second kappa shape index (κ2) is 10.1. The molecule has 1 unspecified atom stereocenters. The van der Waals surface area contributed by atoms with Gasteiger partial charge < -0.3 is 14.5 Å². The van der Waals surface area contributed by atoms with Crippen molar-refractivity contribution in [1.82, 2.24) is 4.98 Å². The summed E-state index contributed by atoms with van der Waals surface area (Å²) in [6.07, 6.45) is 5.43. The van der Waals surface area contributed by atoms with E-state index in [-0.39, 0.29) is 5.97 Å². The normalized spacial score (nSPS) is 16.8. The van der Waals surface area contributed by atoms with Crippen molar-refractivity contribution < 1.29 is 9.53 Å². The number of fused-ring (bicyclic) bond motifs is 1. The van der Waals surface area contributed by atoms with E-state index < -0.39 is 5.60 Å². The highest BCUT2D eigenvalue weighted by Gasteiger charge is 2.49. The highest BCUT2D eigenvalue weighted by Crippen LogP contribution is 2.50. The van der Waals surface area contributed by atoms with Crippen LogP contribution in [0.1, 0.15) is 54.7 Å². The van der Waals surface area contributed by atoms with Gasteiger partial charge in [-0.05, 0) is 64.3 Å². The third-order valence-electron chi connectivity index (χ3n) is 6.76. The molecule has 1 aliphatic rings. The van der Waals surface area contributed by atoms with Crippen LogP contribution in [0, 0.1) is 0 Å². The molecule has 0 radical (unpaired) electrons. The molecule has 0 fully saturated rings. The first-order chi connectivity index (χ1) is 16.5. The van der Waals surface area contributed by atoms with Crippen molar-refractivity contribution >= 4 is 29.1 Å². The number of benzene rings is 2. The molecule has 0 amide bonds. The number of aromatic nitrogens is 1. The number of ether oxygens (including phenoxy) is 1. The van der Waals surface area contributed by atoms with Gasteiger partial charge in [-0.25, -0.2) is 4.79 Å². The molecule has 0 N–H and O–H groups in total. The van der Waals surface area contributed by atoms with Gasteiger partial charge in [0.1, 0.15) is 0 Å². The van der Waals surface area contributed by atoms with E-state index in [9.17, 15) is 4.79 Å². The van der Waals surface area contributed by atoms with Gasteiger partial charge >= 0.3 is 5.97 Å². The van der Waals surface area contributed by atoms with E-state index >= 15 is 0 Å².